The van der Waals surface area contributed by atoms with Crippen LogP contribution in [0.1, 0.15) is 34.7 Å². The molecular weight excluding hydrogens is 548 g/mol. The summed E-state index contributed by atoms with van der Waals surface area (Å²) in [7, 11) is 0. The average Bonchev–Trinajstić information content (AvgIpc) is 3.20. The molecule has 2 aliphatic rings. The van der Waals surface area contributed by atoms with E-state index in [2.05, 4.69) is 6.07 Å². The summed E-state index contributed by atoms with van der Waals surface area (Å²) < 4.78 is 11.8. The Bertz CT molecular complexity index is 1490. The van der Waals surface area contributed by atoms with Gasteiger partial charge in [0.25, 0.3) is 11.1 Å². The molecule has 3 amide bonds. The van der Waals surface area contributed by atoms with Gasteiger partial charge in [-0.3, -0.25) is 19.3 Å². The molecule has 0 unspecified atom stereocenters. The van der Waals surface area contributed by atoms with Crippen LogP contribution in [0.5, 0.6) is 11.5 Å². The number of nitrogens with zero attached hydrogens (tertiary/aromatic N) is 2. The van der Waals surface area contributed by atoms with Crippen LogP contribution in [0, 0.1) is 6.92 Å². The summed E-state index contributed by atoms with van der Waals surface area (Å²) in [5, 5.41) is -0.153. The molecule has 0 bridgehead atoms. The van der Waals surface area contributed by atoms with Crippen LogP contribution in [-0.4, -0.2) is 46.5 Å². The minimum absolute atomic E-state index is 0.216. The topological polar surface area (TPSA) is 76.2 Å². The lowest BCUT2D eigenvalue weighted by molar-refractivity contribution is -0.136. The van der Waals surface area contributed by atoms with E-state index in [1.54, 1.807) is 23.1 Å². The molecule has 7 nitrogen and oxygen atoms in total. The highest BCUT2D eigenvalue weighted by atomic mass is 35.5. The number of fused-ring (bicyclic) bond motifs is 1. The Morgan fingerprint density at radius 3 is 2.55 bits per heavy atom. The number of halogens is 1. The second kappa shape index (κ2) is 12.2. The Balaban J connectivity index is 1.29. The van der Waals surface area contributed by atoms with E-state index in [9.17, 15) is 14.4 Å². The van der Waals surface area contributed by atoms with Crippen LogP contribution in [0.2, 0.25) is 5.02 Å². The number of hydrogen-bond acceptors (Lipinski definition) is 6. The molecule has 1 saturated heterocycles. The zero-order valence-electron chi connectivity index (χ0n) is 22.3. The van der Waals surface area contributed by atoms with Crippen molar-refractivity contribution in [3.63, 3.8) is 0 Å². The molecule has 0 saturated carbocycles. The summed E-state index contributed by atoms with van der Waals surface area (Å²) in [5.74, 6) is 0.0838. The Labute approximate surface area is 242 Å². The Kier molecular flexibility index (Phi) is 8.47. The minimum atomic E-state index is -0.505. The van der Waals surface area contributed by atoms with Gasteiger partial charge in [-0.15, -0.1) is 0 Å². The predicted octanol–water partition coefficient (Wildman–Crippen LogP) is 6.25. The van der Waals surface area contributed by atoms with E-state index in [1.165, 1.54) is 5.56 Å². The fraction of sp³-hybridized carbons (Fsp3) is 0.258. The van der Waals surface area contributed by atoms with Crippen LogP contribution in [0.25, 0.3) is 6.08 Å². The zero-order valence-corrected chi connectivity index (χ0v) is 23.9. The molecule has 3 aromatic rings. The van der Waals surface area contributed by atoms with Crippen molar-refractivity contribution in [3.05, 3.63) is 98.4 Å². The van der Waals surface area contributed by atoms with Gasteiger partial charge < -0.3 is 14.4 Å². The lowest BCUT2D eigenvalue weighted by atomic mass is 10.00. The molecule has 0 atom stereocenters. The number of amides is 3. The molecule has 2 heterocycles. The van der Waals surface area contributed by atoms with Crippen molar-refractivity contribution in [1.29, 1.82) is 0 Å². The quantitative estimate of drug-likeness (QED) is 0.295. The second-order valence-electron chi connectivity index (χ2n) is 9.64. The van der Waals surface area contributed by atoms with Gasteiger partial charge in [0.2, 0.25) is 5.91 Å². The molecule has 2 aliphatic heterocycles. The van der Waals surface area contributed by atoms with E-state index in [4.69, 9.17) is 21.1 Å². The highest BCUT2D eigenvalue weighted by molar-refractivity contribution is 8.18. The molecule has 0 spiro atoms. The highest BCUT2D eigenvalue weighted by Crippen LogP contribution is 2.39. The van der Waals surface area contributed by atoms with Crippen molar-refractivity contribution in [2.75, 3.05) is 19.7 Å². The minimum Gasteiger partial charge on any atom is -0.490 e. The summed E-state index contributed by atoms with van der Waals surface area (Å²) in [5.41, 5.74) is 5.04. The summed E-state index contributed by atoms with van der Waals surface area (Å²) in [6, 6.07) is 19.4. The first-order valence-electron chi connectivity index (χ1n) is 13.1. The van der Waals surface area contributed by atoms with Gasteiger partial charge in [-0.25, -0.2) is 0 Å². The van der Waals surface area contributed by atoms with Crippen molar-refractivity contribution >= 4 is 46.5 Å². The van der Waals surface area contributed by atoms with Crippen LogP contribution in [0.3, 0.4) is 0 Å². The number of ether oxygens (including phenoxy) is 2. The Morgan fingerprint density at radius 1 is 1.05 bits per heavy atom. The number of rotatable bonds is 8. The van der Waals surface area contributed by atoms with Gasteiger partial charge in [0, 0.05) is 13.1 Å². The molecule has 9 heteroatoms. The Hall–Kier alpha value is -3.75. The van der Waals surface area contributed by atoms with Crippen molar-refractivity contribution in [3.8, 4) is 11.5 Å². The number of carbonyl (C=O) groups is 3. The van der Waals surface area contributed by atoms with E-state index in [1.807, 2.05) is 56.3 Å². The maximum absolute atomic E-state index is 13.1. The van der Waals surface area contributed by atoms with Gasteiger partial charge in [0.15, 0.2) is 11.5 Å². The first kappa shape index (κ1) is 27.8. The third-order valence-corrected chi connectivity index (χ3v) is 7.97. The smallest absolute Gasteiger partial charge is 0.294 e. The van der Waals surface area contributed by atoms with E-state index < -0.39 is 11.1 Å². The molecule has 1 fully saturated rings. The molecule has 5 rings (SSSR count). The molecule has 0 N–H and O–H groups in total. The monoisotopic (exact) mass is 576 g/mol. The van der Waals surface area contributed by atoms with Gasteiger partial charge >= 0.3 is 0 Å². The molecular formula is C31H29ClN2O5S. The fourth-order valence-corrected chi connectivity index (χ4v) is 5.76. The summed E-state index contributed by atoms with van der Waals surface area (Å²) in [6.07, 6.45) is 2.34. The predicted molar refractivity (Wildman–Crippen MR) is 156 cm³/mol. The van der Waals surface area contributed by atoms with Crippen LogP contribution in [-0.2, 0) is 29.2 Å². The SMILES string of the molecule is CCOc1cc(/C=C2\SC(=O)N(CC(=O)N3CCc4ccccc4C3)C2=O)cc(Cl)c1OCc1ccc(C)cc1. The van der Waals surface area contributed by atoms with Crippen LogP contribution in [0.15, 0.2) is 65.6 Å². The number of imide groups is 1. The van der Waals surface area contributed by atoms with Gasteiger partial charge in [-0.2, -0.15) is 0 Å². The second-order valence-corrected chi connectivity index (χ2v) is 11.0. The van der Waals surface area contributed by atoms with Crippen LogP contribution < -0.4 is 9.47 Å². The number of thioether (sulfide) groups is 1. The van der Waals surface area contributed by atoms with Gasteiger partial charge in [0.1, 0.15) is 13.2 Å². The van der Waals surface area contributed by atoms with Crippen molar-refractivity contribution in [2.45, 2.75) is 33.4 Å². The van der Waals surface area contributed by atoms with Crippen molar-refractivity contribution in [1.82, 2.24) is 9.80 Å². The lowest BCUT2D eigenvalue weighted by Crippen LogP contribution is -2.44. The molecule has 3 aromatic carbocycles. The first-order chi connectivity index (χ1) is 19.3. The number of carbonyl (C=O) groups excluding carboxylic acids is 3. The third-order valence-electron chi connectivity index (χ3n) is 6.78. The van der Waals surface area contributed by atoms with Gasteiger partial charge in [0.05, 0.1) is 16.5 Å². The maximum atomic E-state index is 13.1. The third kappa shape index (κ3) is 6.18. The number of hydrogen-bond donors (Lipinski definition) is 0. The van der Waals surface area contributed by atoms with E-state index in [-0.39, 0.29) is 17.4 Å². The lowest BCUT2D eigenvalue weighted by Gasteiger charge is -2.29. The normalized spacial score (nSPS) is 15.9. The number of aryl methyl sites for hydroxylation is 1. The maximum Gasteiger partial charge on any atom is 0.294 e. The van der Waals surface area contributed by atoms with E-state index in [0.717, 1.165) is 39.8 Å². The van der Waals surface area contributed by atoms with E-state index >= 15 is 0 Å². The van der Waals surface area contributed by atoms with Crippen molar-refractivity contribution < 1.29 is 23.9 Å². The molecule has 0 aliphatic carbocycles. The standard InChI is InChI=1S/C31H29ClN2O5S/c1-3-38-26-15-22(14-25(32)29(26)39-19-21-10-8-20(2)9-11-21)16-27-30(36)34(31(37)40-27)18-28(35)33-13-12-23-6-4-5-7-24(23)17-33/h4-11,14-16H,3,12-13,17-19H2,1-2H3/b27-16-. The summed E-state index contributed by atoms with van der Waals surface area (Å²) in [4.78, 5) is 41.8. The highest BCUT2D eigenvalue weighted by Gasteiger charge is 2.37. The zero-order chi connectivity index (χ0) is 28.2. The molecule has 206 valence electrons. The largest absolute Gasteiger partial charge is 0.490 e. The molecule has 40 heavy (non-hydrogen) atoms. The summed E-state index contributed by atoms with van der Waals surface area (Å²) in [6.45, 7) is 5.31. The van der Waals surface area contributed by atoms with Crippen molar-refractivity contribution in [2.24, 2.45) is 0 Å². The average molecular weight is 577 g/mol. The van der Waals surface area contributed by atoms with Crippen LogP contribution >= 0.6 is 23.4 Å². The molecule has 0 radical (unpaired) electrons. The Morgan fingerprint density at radius 2 is 1.80 bits per heavy atom. The van der Waals surface area contributed by atoms with E-state index in [0.29, 0.717) is 48.4 Å². The van der Waals surface area contributed by atoms with Gasteiger partial charge in [-0.05, 0) is 72.5 Å². The summed E-state index contributed by atoms with van der Waals surface area (Å²) >= 11 is 7.38. The molecule has 0 aromatic heterocycles. The number of benzene rings is 3. The van der Waals surface area contributed by atoms with Gasteiger partial charge in [-0.1, -0.05) is 65.7 Å². The fourth-order valence-electron chi connectivity index (χ4n) is 4.65. The first-order valence-corrected chi connectivity index (χ1v) is 14.3. The van der Waals surface area contributed by atoms with Crippen LogP contribution in [0.4, 0.5) is 4.79 Å².